The minimum Gasteiger partial charge on any atom is -0.481 e. The first-order chi connectivity index (χ1) is 13.6. The number of aliphatic carboxylic acids is 2. The lowest BCUT2D eigenvalue weighted by molar-refractivity contribution is -0.147. The molecule has 0 radical (unpaired) electrons. The summed E-state index contributed by atoms with van der Waals surface area (Å²) < 4.78 is 0. The number of nitrogens with zero attached hydrogens (tertiary/aromatic N) is 1. The van der Waals surface area contributed by atoms with Crippen molar-refractivity contribution < 1.29 is 34.2 Å². The highest BCUT2D eigenvalue weighted by atomic mass is 32.1. The van der Waals surface area contributed by atoms with Gasteiger partial charge >= 0.3 is 11.9 Å². The Hall–Kier alpha value is -3.13. The number of imidazole rings is 1. The third-order valence-corrected chi connectivity index (χ3v) is 3.97. The topological polar surface area (TPSA) is 217 Å². The van der Waals surface area contributed by atoms with E-state index in [9.17, 15) is 24.0 Å². The van der Waals surface area contributed by atoms with Crippen molar-refractivity contribution in [2.45, 2.75) is 31.0 Å². The van der Waals surface area contributed by atoms with E-state index in [1.54, 1.807) is 0 Å². The predicted molar refractivity (Wildman–Crippen MR) is 101 cm³/mol. The molecule has 3 atom stereocenters. The number of hydrogen-bond donors (Lipinski definition) is 8. The maximum atomic E-state index is 12.5. The fourth-order valence-corrected chi connectivity index (χ4v) is 2.27. The number of aromatic amines is 1. The number of thiol groups is 1. The van der Waals surface area contributed by atoms with Crippen LogP contribution in [0.25, 0.3) is 0 Å². The fraction of sp³-hybridized carbons (Fsp3) is 0.467. The molecule has 0 aliphatic rings. The second-order valence-electron chi connectivity index (χ2n) is 5.91. The van der Waals surface area contributed by atoms with Gasteiger partial charge in [-0.25, -0.2) is 9.78 Å². The monoisotopic (exact) mass is 430 g/mol. The van der Waals surface area contributed by atoms with Crippen LogP contribution in [-0.4, -0.2) is 80.3 Å². The van der Waals surface area contributed by atoms with E-state index in [0.717, 1.165) is 0 Å². The van der Waals surface area contributed by atoms with Crippen molar-refractivity contribution in [2.75, 3.05) is 12.3 Å². The number of rotatable bonds is 12. The van der Waals surface area contributed by atoms with Crippen LogP contribution in [0.2, 0.25) is 0 Å². The van der Waals surface area contributed by atoms with Crippen LogP contribution in [0.1, 0.15) is 12.1 Å². The average Bonchev–Trinajstić information content (AvgIpc) is 3.16. The molecule has 0 fully saturated rings. The van der Waals surface area contributed by atoms with Gasteiger partial charge in [-0.2, -0.15) is 12.6 Å². The molecule has 8 N–H and O–H groups in total. The zero-order valence-electron chi connectivity index (χ0n) is 15.1. The van der Waals surface area contributed by atoms with Gasteiger partial charge in [-0.3, -0.25) is 19.2 Å². The number of nitrogens with one attached hydrogen (secondary N) is 4. The quantitative estimate of drug-likeness (QED) is 0.157. The molecule has 0 bridgehead atoms. The van der Waals surface area contributed by atoms with Crippen LogP contribution in [0.5, 0.6) is 0 Å². The van der Waals surface area contributed by atoms with Crippen LogP contribution in [0.3, 0.4) is 0 Å². The lowest BCUT2D eigenvalue weighted by Gasteiger charge is -2.21. The molecule has 0 saturated carbocycles. The molecule has 1 heterocycles. The van der Waals surface area contributed by atoms with E-state index in [0.29, 0.717) is 5.69 Å². The average molecular weight is 430 g/mol. The number of nitrogens with two attached hydrogens (primary N) is 1. The van der Waals surface area contributed by atoms with Crippen LogP contribution >= 0.6 is 12.6 Å². The van der Waals surface area contributed by atoms with Crippen molar-refractivity contribution >= 4 is 42.3 Å². The van der Waals surface area contributed by atoms with Crippen LogP contribution in [0, 0.1) is 0 Å². The highest BCUT2D eigenvalue weighted by Gasteiger charge is 2.28. The summed E-state index contributed by atoms with van der Waals surface area (Å²) in [4.78, 5) is 64.6. The smallest absolute Gasteiger partial charge is 0.326 e. The third kappa shape index (κ3) is 8.61. The van der Waals surface area contributed by atoms with Crippen LogP contribution in [0.4, 0.5) is 0 Å². The molecule has 14 heteroatoms. The number of aromatic nitrogens is 2. The molecule has 3 unspecified atom stereocenters. The summed E-state index contributed by atoms with van der Waals surface area (Å²) in [7, 11) is 0. The number of carbonyl (C=O) groups is 5. The Morgan fingerprint density at radius 3 is 2.34 bits per heavy atom. The van der Waals surface area contributed by atoms with Gasteiger partial charge in [-0.15, -0.1) is 0 Å². The number of carboxylic acids is 2. The molecule has 0 aromatic carbocycles. The van der Waals surface area contributed by atoms with E-state index in [1.165, 1.54) is 12.5 Å². The van der Waals surface area contributed by atoms with E-state index in [1.807, 2.05) is 0 Å². The summed E-state index contributed by atoms with van der Waals surface area (Å²) in [6, 6.07) is -3.86. The van der Waals surface area contributed by atoms with E-state index < -0.39 is 60.8 Å². The molecule has 0 spiro atoms. The minimum atomic E-state index is -1.69. The second-order valence-corrected chi connectivity index (χ2v) is 6.27. The molecule has 1 aromatic heterocycles. The van der Waals surface area contributed by atoms with Gasteiger partial charge in [0.15, 0.2) is 0 Å². The molecule has 1 rings (SSSR count). The Morgan fingerprint density at radius 2 is 1.83 bits per heavy atom. The summed E-state index contributed by atoms with van der Waals surface area (Å²) in [5.74, 6) is -5.17. The van der Waals surface area contributed by atoms with Crippen LogP contribution in [-0.2, 0) is 30.4 Å². The summed E-state index contributed by atoms with van der Waals surface area (Å²) in [6.07, 6.45) is 1.81. The van der Waals surface area contributed by atoms with Crippen molar-refractivity contribution in [2.24, 2.45) is 5.73 Å². The normalized spacial score (nSPS) is 13.6. The molecule has 1 aromatic rings. The van der Waals surface area contributed by atoms with Gasteiger partial charge in [-0.05, 0) is 0 Å². The van der Waals surface area contributed by atoms with E-state index in [-0.39, 0.29) is 12.2 Å². The Balaban J connectivity index is 2.80. The second kappa shape index (κ2) is 11.7. The summed E-state index contributed by atoms with van der Waals surface area (Å²) >= 11 is 3.86. The first-order valence-corrected chi connectivity index (χ1v) is 8.93. The summed E-state index contributed by atoms with van der Waals surface area (Å²) in [6.45, 7) is -0.482. The molecule has 3 amide bonds. The minimum absolute atomic E-state index is 0.0679. The molecular weight excluding hydrogens is 408 g/mol. The zero-order valence-corrected chi connectivity index (χ0v) is 16.0. The number of carboxylic acid groups (broad SMARTS) is 2. The van der Waals surface area contributed by atoms with Crippen molar-refractivity contribution in [3.05, 3.63) is 18.2 Å². The van der Waals surface area contributed by atoms with E-state index in [4.69, 9.17) is 15.9 Å². The van der Waals surface area contributed by atoms with Crippen molar-refractivity contribution in [3.63, 3.8) is 0 Å². The Morgan fingerprint density at radius 1 is 1.14 bits per heavy atom. The molecule has 13 nitrogen and oxygen atoms in total. The largest absolute Gasteiger partial charge is 0.481 e. The third-order valence-electron chi connectivity index (χ3n) is 3.58. The standard InChI is InChI=1S/C15H22N6O7S/c16-8(5-29)13(25)18-4-11(22)20-9(1-7-3-17-6-19-7)14(26)21-10(15(27)28)2-12(23)24/h3,6,8-10,29H,1-2,4-5,16H2,(H,17,19)(H,18,25)(H,20,22)(H,21,26)(H,23,24)(H,27,28). The molecule has 0 aliphatic carbocycles. The molecular formula is C15H22N6O7S. The van der Waals surface area contributed by atoms with Gasteiger partial charge in [0, 0.05) is 24.1 Å². The Kier molecular flexibility index (Phi) is 9.61. The highest BCUT2D eigenvalue weighted by molar-refractivity contribution is 7.80. The van der Waals surface area contributed by atoms with Gasteiger partial charge in [0.2, 0.25) is 17.7 Å². The van der Waals surface area contributed by atoms with Crippen molar-refractivity contribution in [1.29, 1.82) is 0 Å². The van der Waals surface area contributed by atoms with E-state index in [2.05, 4.69) is 38.5 Å². The lowest BCUT2D eigenvalue weighted by Crippen LogP contribution is -2.54. The fourth-order valence-electron chi connectivity index (χ4n) is 2.10. The summed E-state index contributed by atoms with van der Waals surface area (Å²) in [5, 5.41) is 24.5. The molecule has 29 heavy (non-hydrogen) atoms. The maximum Gasteiger partial charge on any atom is 0.326 e. The van der Waals surface area contributed by atoms with Crippen LogP contribution < -0.4 is 21.7 Å². The number of hydrogen-bond acceptors (Lipinski definition) is 8. The Bertz CT molecular complexity index is 742. The number of amides is 3. The first-order valence-electron chi connectivity index (χ1n) is 8.29. The van der Waals surface area contributed by atoms with Gasteiger partial charge in [0.1, 0.15) is 12.1 Å². The molecule has 160 valence electrons. The highest BCUT2D eigenvalue weighted by Crippen LogP contribution is 2.01. The first kappa shape index (κ1) is 23.9. The predicted octanol–water partition coefficient (Wildman–Crippen LogP) is -3.15. The lowest BCUT2D eigenvalue weighted by atomic mass is 10.1. The van der Waals surface area contributed by atoms with Gasteiger partial charge in [-0.1, -0.05) is 0 Å². The maximum absolute atomic E-state index is 12.5. The van der Waals surface area contributed by atoms with Gasteiger partial charge in [0.05, 0.1) is 25.3 Å². The summed E-state index contributed by atoms with van der Waals surface area (Å²) in [5.41, 5.74) is 5.92. The van der Waals surface area contributed by atoms with Crippen LogP contribution in [0.15, 0.2) is 12.5 Å². The van der Waals surface area contributed by atoms with Crippen molar-refractivity contribution in [3.8, 4) is 0 Å². The number of carbonyl (C=O) groups excluding carboxylic acids is 3. The van der Waals surface area contributed by atoms with E-state index >= 15 is 0 Å². The SMILES string of the molecule is NC(CS)C(=O)NCC(=O)NC(Cc1cnc[nH]1)C(=O)NC(CC(=O)O)C(=O)O. The van der Waals surface area contributed by atoms with Gasteiger partial charge < -0.3 is 36.9 Å². The zero-order chi connectivity index (χ0) is 22.0. The van der Waals surface area contributed by atoms with Crippen molar-refractivity contribution in [1.82, 2.24) is 25.9 Å². The number of H-pyrrole nitrogens is 1. The molecule has 0 aliphatic heterocycles. The van der Waals surface area contributed by atoms with Gasteiger partial charge in [0.25, 0.3) is 0 Å². The molecule has 0 saturated heterocycles. The Labute approximate surface area is 170 Å².